The number of aliphatic hydroxyl groups is 1. The lowest BCUT2D eigenvalue weighted by Gasteiger charge is -2.25. The zero-order valence-corrected chi connectivity index (χ0v) is 12.9. The molecule has 0 heterocycles. The minimum atomic E-state index is -0.193. The Morgan fingerprint density at radius 1 is 1.43 bits per heavy atom. The Kier molecular flexibility index (Phi) is 5.62. The van der Waals surface area contributed by atoms with Crippen LogP contribution in [0.4, 0.5) is 0 Å². The predicted molar refractivity (Wildman–Crippen MR) is 82.4 cm³/mol. The van der Waals surface area contributed by atoms with Gasteiger partial charge in [0.15, 0.2) is 0 Å². The van der Waals surface area contributed by atoms with Crippen molar-refractivity contribution in [3.8, 4) is 5.75 Å². The normalized spacial score (nSPS) is 21.9. The highest BCUT2D eigenvalue weighted by molar-refractivity contribution is 5.78. The lowest BCUT2D eigenvalue weighted by Crippen LogP contribution is -2.33. The van der Waals surface area contributed by atoms with E-state index in [1.54, 1.807) is 7.11 Å². The van der Waals surface area contributed by atoms with Gasteiger partial charge in [0.25, 0.3) is 0 Å². The number of hydrogen-bond donors (Lipinski definition) is 2. The summed E-state index contributed by atoms with van der Waals surface area (Å²) in [7, 11) is 1.64. The van der Waals surface area contributed by atoms with E-state index in [1.807, 2.05) is 25.1 Å². The SMILES string of the molecule is COc1cc(CC(=O)NCC2CCCC(O)C2)ccc1C. The zero-order valence-electron chi connectivity index (χ0n) is 12.9. The van der Waals surface area contributed by atoms with Gasteiger partial charge in [-0.15, -0.1) is 0 Å². The fourth-order valence-electron chi connectivity index (χ4n) is 2.93. The second kappa shape index (κ2) is 7.46. The standard InChI is InChI=1S/C17H25NO3/c1-12-6-7-13(9-16(12)21-2)10-17(20)18-11-14-4-3-5-15(19)8-14/h6-7,9,14-15,19H,3-5,8,10-11H2,1-2H3,(H,18,20). The second-order valence-electron chi connectivity index (χ2n) is 5.97. The van der Waals surface area contributed by atoms with E-state index in [0.29, 0.717) is 18.9 Å². The van der Waals surface area contributed by atoms with Crippen LogP contribution in [0.2, 0.25) is 0 Å². The molecule has 1 fully saturated rings. The average molecular weight is 291 g/mol. The van der Waals surface area contributed by atoms with Gasteiger partial charge in [-0.1, -0.05) is 18.6 Å². The molecule has 1 aliphatic carbocycles. The lowest BCUT2D eigenvalue weighted by molar-refractivity contribution is -0.120. The Morgan fingerprint density at radius 3 is 2.95 bits per heavy atom. The molecule has 2 rings (SSSR count). The summed E-state index contributed by atoms with van der Waals surface area (Å²) in [6.07, 6.45) is 4.02. The van der Waals surface area contributed by atoms with Crippen LogP contribution >= 0.6 is 0 Å². The minimum Gasteiger partial charge on any atom is -0.496 e. The van der Waals surface area contributed by atoms with Crippen LogP contribution in [0, 0.1) is 12.8 Å². The number of hydrogen-bond acceptors (Lipinski definition) is 3. The Bertz CT molecular complexity index is 487. The Labute approximate surface area is 126 Å². The molecular formula is C17H25NO3. The van der Waals surface area contributed by atoms with Gasteiger partial charge in [-0.25, -0.2) is 0 Å². The lowest BCUT2D eigenvalue weighted by atomic mass is 9.87. The third-order valence-electron chi connectivity index (χ3n) is 4.18. The van der Waals surface area contributed by atoms with Crippen LogP contribution in [0.5, 0.6) is 5.75 Å². The Morgan fingerprint density at radius 2 is 2.24 bits per heavy atom. The molecule has 1 amide bonds. The van der Waals surface area contributed by atoms with E-state index in [4.69, 9.17) is 4.74 Å². The molecule has 1 aromatic rings. The van der Waals surface area contributed by atoms with Crippen molar-refractivity contribution in [3.05, 3.63) is 29.3 Å². The van der Waals surface area contributed by atoms with Crippen LogP contribution in [0.25, 0.3) is 0 Å². The van der Waals surface area contributed by atoms with E-state index in [-0.39, 0.29) is 12.0 Å². The van der Waals surface area contributed by atoms with Crippen molar-refractivity contribution >= 4 is 5.91 Å². The number of methoxy groups -OCH3 is 1. The Hall–Kier alpha value is -1.55. The number of benzene rings is 1. The first-order chi connectivity index (χ1) is 10.1. The minimum absolute atomic E-state index is 0.0287. The summed E-state index contributed by atoms with van der Waals surface area (Å²) in [4.78, 5) is 12.0. The molecule has 4 nitrogen and oxygen atoms in total. The van der Waals surface area contributed by atoms with Gasteiger partial charge in [-0.05, 0) is 49.3 Å². The number of aryl methyl sites for hydroxylation is 1. The van der Waals surface area contributed by atoms with Crippen molar-refractivity contribution in [3.63, 3.8) is 0 Å². The molecule has 1 aliphatic rings. The van der Waals surface area contributed by atoms with Crippen molar-refractivity contribution in [2.75, 3.05) is 13.7 Å². The maximum Gasteiger partial charge on any atom is 0.224 e. The first-order valence-electron chi connectivity index (χ1n) is 7.66. The fourth-order valence-corrected chi connectivity index (χ4v) is 2.93. The van der Waals surface area contributed by atoms with E-state index in [9.17, 15) is 9.90 Å². The van der Waals surface area contributed by atoms with Crippen molar-refractivity contribution in [2.24, 2.45) is 5.92 Å². The summed E-state index contributed by atoms with van der Waals surface area (Å²) in [5.41, 5.74) is 2.02. The highest BCUT2D eigenvalue weighted by atomic mass is 16.5. The van der Waals surface area contributed by atoms with Crippen LogP contribution < -0.4 is 10.1 Å². The van der Waals surface area contributed by atoms with Crippen molar-refractivity contribution in [1.29, 1.82) is 0 Å². The molecule has 0 saturated heterocycles. The summed E-state index contributed by atoms with van der Waals surface area (Å²) in [5.74, 6) is 1.25. The molecule has 0 aliphatic heterocycles. The van der Waals surface area contributed by atoms with E-state index >= 15 is 0 Å². The number of amides is 1. The van der Waals surface area contributed by atoms with Gasteiger partial charge in [-0.3, -0.25) is 4.79 Å². The third-order valence-corrected chi connectivity index (χ3v) is 4.18. The molecule has 116 valence electrons. The largest absolute Gasteiger partial charge is 0.496 e. The molecular weight excluding hydrogens is 266 g/mol. The number of aliphatic hydroxyl groups excluding tert-OH is 1. The topological polar surface area (TPSA) is 58.6 Å². The van der Waals surface area contributed by atoms with Crippen LogP contribution in [0.3, 0.4) is 0 Å². The van der Waals surface area contributed by atoms with Crippen LogP contribution in [0.15, 0.2) is 18.2 Å². The van der Waals surface area contributed by atoms with Crippen molar-refractivity contribution in [1.82, 2.24) is 5.32 Å². The fraction of sp³-hybridized carbons (Fsp3) is 0.588. The monoisotopic (exact) mass is 291 g/mol. The van der Waals surface area contributed by atoms with Crippen LogP contribution in [0.1, 0.15) is 36.8 Å². The highest BCUT2D eigenvalue weighted by Crippen LogP contribution is 2.23. The first kappa shape index (κ1) is 15.8. The molecule has 0 spiro atoms. The summed E-state index contributed by atoms with van der Waals surface area (Å²) in [5, 5.41) is 12.6. The summed E-state index contributed by atoms with van der Waals surface area (Å²) in [6.45, 7) is 2.65. The third kappa shape index (κ3) is 4.74. The zero-order chi connectivity index (χ0) is 15.2. The average Bonchev–Trinajstić information content (AvgIpc) is 2.47. The molecule has 0 aromatic heterocycles. The van der Waals surface area contributed by atoms with Gasteiger partial charge in [0.1, 0.15) is 5.75 Å². The smallest absolute Gasteiger partial charge is 0.224 e. The summed E-state index contributed by atoms with van der Waals surface area (Å²) >= 11 is 0. The summed E-state index contributed by atoms with van der Waals surface area (Å²) in [6, 6.07) is 5.85. The van der Waals surface area contributed by atoms with Gasteiger partial charge in [-0.2, -0.15) is 0 Å². The number of nitrogens with one attached hydrogen (secondary N) is 1. The van der Waals surface area contributed by atoms with Gasteiger partial charge in [0.05, 0.1) is 19.6 Å². The number of carbonyl (C=O) groups is 1. The van der Waals surface area contributed by atoms with Gasteiger partial charge in [0, 0.05) is 6.54 Å². The molecule has 21 heavy (non-hydrogen) atoms. The van der Waals surface area contributed by atoms with Gasteiger partial charge in [0.2, 0.25) is 5.91 Å². The quantitative estimate of drug-likeness (QED) is 0.874. The molecule has 2 unspecified atom stereocenters. The number of ether oxygens (including phenoxy) is 1. The Balaban J connectivity index is 1.81. The maximum absolute atomic E-state index is 12.0. The number of carbonyl (C=O) groups excluding carboxylic acids is 1. The van der Waals surface area contributed by atoms with Crippen LogP contribution in [-0.4, -0.2) is 30.8 Å². The van der Waals surface area contributed by atoms with Crippen molar-refractivity contribution < 1.29 is 14.6 Å². The predicted octanol–water partition coefficient (Wildman–Crippen LogP) is 2.21. The molecule has 0 radical (unpaired) electrons. The first-order valence-corrected chi connectivity index (χ1v) is 7.66. The van der Waals surface area contributed by atoms with Gasteiger partial charge >= 0.3 is 0 Å². The molecule has 2 atom stereocenters. The van der Waals surface area contributed by atoms with Gasteiger partial charge < -0.3 is 15.2 Å². The maximum atomic E-state index is 12.0. The van der Waals surface area contributed by atoms with E-state index in [1.165, 1.54) is 0 Å². The molecule has 4 heteroatoms. The second-order valence-corrected chi connectivity index (χ2v) is 5.97. The summed E-state index contributed by atoms with van der Waals surface area (Å²) < 4.78 is 5.27. The molecule has 1 saturated carbocycles. The van der Waals surface area contributed by atoms with E-state index < -0.39 is 0 Å². The van der Waals surface area contributed by atoms with E-state index in [2.05, 4.69) is 5.32 Å². The number of rotatable bonds is 5. The molecule has 0 bridgehead atoms. The highest BCUT2D eigenvalue weighted by Gasteiger charge is 2.20. The van der Waals surface area contributed by atoms with E-state index in [0.717, 1.165) is 42.6 Å². The van der Waals surface area contributed by atoms with Crippen LogP contribution in [-0.2, 0) is 11.2 Å². The molecule has 1 aromatic carbocycles. The molecule has 2 N–H and O–H groups in total. The van der Waals surface area contributed by atoms with Crippen molar-refractivity contribution in [2.45, 2.75) is 45.1 Å².